The second-order valence-electron chi connectivity index (χ2n) is 6.37. The molecule has 1 atom stereocenters. The lowest BCUT2D eigenvalue weighted by Gasteiger charge is -2.21. The number of carbonyl (C=O) groups excluding carboxylic acids is 1. The van der Waals surface area contributed by atoms with Gasteiger partial charge in [0.05, 0.1) is 0 Å². The highest BCUT2D eigenvalue weighted by Gasteiger charge is 2.13. The highest BCUT2D eigenvalue weighted by atomic mass is 16.1. The lowest BCUT2D eigenvalue weighted by Crippen LogP contribution is -2.42. The Balaban J connectivity index is 3.59. The van der Waals surface area contributed by atoms with Crippen molar-refractivity contribution in [3.8, 4) is 0 Å². The third-order valence-corrected chi connectivity index (χ3v) is 2.54. The molecular weight excluding hydrogens is 212 g/mol. The maximum atomic E-state index is 11.6. The summed E-state index contributed by atoms with van der Waals surface area (Å²) in [4.78, 5) is 11.6. The van der Waals surface area contributed by atoms with E-state index in [9.17, 15) is 4.79 Å². The zero-order chi connectivity index (χ0) is 13.5. The van der Waals surface area contributed by atoms with E-state index in [1.807, 2.05) is 20.8 Å². The fourth-order valence-electron chi connectivity index (χ4n) is 1.60. The number of hydrogen-bond donors (Lipinski definition) is 2. The molecule has 17 heavy (non-hydrogen) atoms. The fourth-order valence-corrected chi connectivity index (χ4v) is 1.60. The molecule has 3 heteroatoms. The summed E-state index contributed by atoms with van der Waals surface area (Å²) in [6.07, 6.45) is 2.98. The van der Waals surface area contributed by atoms with Crippen LogP contribution in [0.2, 0.25) is 0 Å². The largest absolute Gasteiger partial charge is 0.351 e. The van der Waals surface area contributed by atoms with Gasteiger partial charge in [-0.1, -0.05) is 13.8 Å². The first-order chi connectivity index (χ1) is 7.70. The summed E-state index contributed by atoms with van der Waals surface area (Å²) in [5.74, 6) is 0.879. The highest BCUT2D eigenvalue weighted by Crippen LogP contribution is 2.06. The Hall–Kier alpha value is -0.570. The van der Waals surface area contributed by atoms with Gasteiger partial charge in [0.1, 0.15) is 0 Å². The van der Waals surface area contributed by atoms with Gasteiger partial charge in [0.2, 0.25) is 5.91 Å². The van der Waals surface area contributed by atoms with Crippen molar-refractivity contribution in [2.45, 2.75) is 72.4 Å². The SMILES string of the molecule is CC(C)CCC(C)NCCC(=O)NC(C)(C)C. The Labute approximate surface area is 107 Å². The molecule has 0 radical (unpaired) electrons. The van der Waals surface area contributed by atoms with Gasteiger partial charge in [-0.25, -0.2) is 0 Å². The van der Waals surface area contributed by atoms with E-state index in [0.29, 0.717) is 12.5 Å². The van der Waals surface area contributed by atoms with Gasteiger partial charge < -0.3 is 10.6 Å². The molecule has 0 aliphatic rings. The summed E-state index contributed by atoms with van der Waals surface area (Å²) >= 11 is 0. The van der Waals surface area contributed by atoms with E-state index in [4.69, 9.17) is 0 Å². The van der Waals surface area contributed by atoms with Crippen LogP contribution in [0.15, 0.2) is 0 Å². The fraction of sp³-hybridized carbons (Fsp3) is 0.929. The Bertz CT molecular complexity index is 219. The Morgan fingerprint density at radius 3 is 2.18 bits per heavy atom. The average molecular weight is 242 g/mol. The van der Waals surface area contributed by atoms with Crippen LogP contribution in [0.3, 0.4) is 0 Å². The molecule has 0 spiro atoms. The molecule has 0 fully saturated rings. The van der Waals surface area contributed by atoms with Crippen LogP contribution in [0, 0.1) is 5.92 Å². The minimum Gasteiger partial charge on any atom is -0.351 e. The van der Waals surface area contributed by atoms with Crippen molar-refractivity contribution in [1.29, 1.82) is 0 Å². The van der Waals surface area contributed by atoms with Crippen molar-refractivity contribution in [2.75, 3.05) is 6.54 Å². The molecule has 0 aromatic carbocycles. The summed E-state index contributed by atoms with van der Waals surface area (Å²) in [5, 5.41) is 6.36. The van der Waals surface area contributed by atoms with Crippen LogP contribution in [0.4, 0.5) is 0 Å². The molecule has 0 saturated heterocycles. The predicted molar refractivity (Wildman–Crippen MR) is 74.0 cm³/mol. The third kappa shape index (κ3) is 11.7. The number of nitrogens with one attached hydrogen (secondary N) is 2. The topological polar surface area (TPSA) is 41.1 Å². The van der Waals surface area contributed by atoms with Crippen LogP contribution in [0.25, 0.3) is 0 Å². The van der Waals surface area contributed by atoms with E-state index in [1.54, 1.807) is 0 Å². The predicted octanol–water partition coefficient (Wildman–Crippen LogP) is 2.71. The molecule has 0 aliphatic heterocycles. The standard InChI is InChI=1S/C14H30N2O/c1-11(2)7-8-12(3)15-10-9-13(17)16-14(4,5)6/h11-12,15H,7-10H2,1-6H3,(H,16,17). The summed E-state index contributed by atoms with van der Waals surface area (Å²) in [6, 6.07) is 0.500. The van der Waals surface area contributed by atoms with Crippen molar-refractivity contribution in [3.63, 3.8) is 0 Å². The van der Waals surface area contributed by atoms with Crippen LogP contribution in [0.5, 0.6) is 0 Å². The zero-order valence-corrected chi connectivity index (χ0v) is 12.4. The summed E-state index contributed by atoms with van der Waals surface area (Å²) in [6.45, 7) is 13.4. The quantitative estimate of drug-likeness (QED) is 0.720. The maximum Gasteiger partial charge on any atom is 0.221 e. The Kier molecular flexibility index (Phi) is 7.44. The molecule has 102 valence electrons. The van der Waals surface area contributed by atoms with Gasteiger partial charge in [0.15, 0.2) is 0 Å². The molecular formula is C14H30N2O. The van der Waals surface area contributed by atoms with E-state index in [-0.39, 0.29) is 11.4 Å². The van der Waals surface area contributed by atoms with Gasteiger partial charge in [-0.05, 0) is 46.5 Å². The first kappa shape index (κ1) is 16.4. The molecule has 0 aliphatic carbocycles. The highest BCUT2D eigenvalue weighted by molar-refractivity contribution is 5.76. The lowest BCUT2D eigenvalue weighted by molar-refractivity contribution is -0.122. The molecule has 1 unspecified atom stereocenters. The van der Waals surface area contributed by atoms with Crippen molar-refractivity contribution >= 4 is 5.91 Å². The van der Waals surface area contributed by atoms with Crippen molar-refractivity contribution in [3.05, 3.63) is 0 Å². The van der Waals surface area contributed by atoms with Gasteiger partial charge in [0, 0.05) is 24.5 Å². The molecule has 0 rings (SSSR count). The van der Waals surface area contributed by atoms with E-state index in [1.165, 1.54) is 12.8 Å². The molecule has 0 heterocycles. The molecule has 3 nitrogen and oxygen atoms in total. The zero-order valence-electron chi connectivity index (χ0n) is 12.4. The van der Waals surface area contributed by atoms with E-state index >= 15 is 0 Å². The van der Waals surface area contributed by atoms with Crippen LogP contribution in [-0.4, -0.2) is 24.0 Å². The minimum absolute atomic E-state index is 0.125. The molecule has 0 aromatic rings. The number of rotatable bonds is 7. The molecule has 0 bridgehead atoms. The van der Waals surface area contributed by atoms with Gasteiger partial charge in [-0.2, -0.15) is 0 Å². The van der Waals surface area contributed by atoms with Gasteiger partial charge >= 0.3 is 0 Å². The third-order valence-electron chi connectivity index (χ3n) is 2.54. The Morgan fingerprint density at radius 1 is 1.12 bits per heavy atom. The van der Waals surface area contributed by atoms with Gasteiger partial charge in [-0.15, -0.1) is 0 Å². The first-order valence-electron chi connectivity index (χ1n) is 6.75. The van der Waals surface area contributed by atoms with Crippen molar-refractivity contribution in [1.82, 2.24) is 10.6 Å². The van der Waals surface area contributed by atoms with E-state index in [0.717, 1.165) is 12.5 Å². The molecule has 0 saturated carbocycles. The average Bonchev–Trinajstić information content (AvgIpc) is 2.11. The number of carbonyl (C=O) groups is 1. The van der Waals surface area contributed by atoms with E-state index < -0.39 is 0 Å². The second-order valence-corrected chi connectivity index (χ2v) is 6.37. The maximum absolute atomic E-state index is 11.6. The van der Waals surface area contributed by atoms with Crippen LogP contribution in [-0.2, 0) is 4.79 Å². The first-order valence-corrected chi connectivity index (χ1v) is 6.75. The van der Waals surface area contributed by atoms with Gasteiger partial charge in [-0.3, -0.25) is 4.79 Å². The normalized spacial score (nSPS) is 13.8. The van der Waals surface area contributed by atoms with Crippen molar-refractivity contribution < 1.29 is 4.79 Å². The van der Waals surface area contributed by atoms with E-state index in [2.05, 4.69) is 31.4 Å². The summed E-state index contributed by atoms with van der Waals surface area (Å²) in [5.41, 5.74) is -0.125. The Morgan fingerprint density at radius 2 is 1.71 bits per heavy atom. The minimum atomic E-state index is -0.125. The second kappa shape index (κ2) is 7.70. The molecule has 1 amide bonds. The van der Waals surface area contributed by atoms with Gasteiger partial charge in [0.25, 0.3) is 0 Å². The number of hydrogen-bond acceptors (Lipinski definition) is 2. The van der Waals surface area contributed by atoms with Crippen LogP contribution in [0.1, 0.15) is 60.8 Å². The summed E-state index contributed by atoms with van der Waals surface area (Å²) in [7, 11) is 0. The van der Waals surface area contributed by atoms with Crippen molar-refractivity contribution in [2.24, 2.45) is 5.92 Å². The number of amides is 1. The lowest BCUT2D eigenvalue weighted by atomic mass is 10.0. The molecule has 2 N–H and O–H groups in total. The monoisotopic (exact) mass is 242 g/mol. The smallest absolute Gasteiger partial charge is 0.221 e. The van der Waals surface area contributed by atoms with Crippen LogP contribution < -0.4 is 10.6 Å². The van der Waals surface area contributed by atoms with Crippen LogP contribution >= 0.6 is 0 Å². The summed E-state index contributed by atoms with van der Waals surface area (Å²) < 4.78 is 0. The molecule has 0 aromatic heterocycles.